The summed E-state index contributed by atoms with van der Waals surface area (Å²) in [6.45, 7) is 0.0737. The normalized spacial score (nSPS) is 21.6. The van der Waals surface area contributed by atoms with Crippen LogP contribution in [0, 0.1) is 4.78 Å². The van der Waals surface area contributed by atoms with E-state index in [0.29, 0.717) is 0 Å². The monoisotopic (exact) mass is 469 g/mol. The summed E-state index contributed by atoms with van der Waals surface area (Å²) in [6, 6.07) is 1.60. The molecule has 3 aliphatic rings. The first-order valence-corrected chi connectivity index (χ1v) is 13.6. The van der Waals surface area contributed by atoms with Crippen LogP contribution in [-0.4, -0.2) is 48.4 Å². The van der Waals surface area contributed by atoms with Crippen molar-refractivity contribution in [3.63, 3.8) is 0 Å². The second-order valence-electron chi connectivity index (χ2n) is 8.00. The molecule has 0 bridgehead atoms. The summed E-state index contributed by atoms with van der Waals surface area (Å²) >= 11 is 0. The van der Waals surface area contributed by atoms with Crippen LogP contribution in [0.4, 0.5) is 10.5 Å². The van der Waals surface area contributed by atoms with Gasteiger partial charge in [-0.3, -0.25) is 4.18 Å². The van der Waals surface area contributed by atoms with Crippen LogP contribution in [0.3, 0.4) is 0 Å². The second-order valence-corrected chi connectivity index (χ2v) is 11.6. The molecule has 31 heavy (non-hydrogen) atoms. The topological polar surface area (TPSA) is 141 Å². The largest absolute Gasteiger partial charge is 0.331 e. The van der Waals surface area contributed by atoms with E-state index in [-0.39, 0.29) is 13.2 Å². The van der Waals surface area contributed by atoms with Crippen molar-refractivity contribution in [3.8, 4) is 0 Å². The van der Waals surface area contributed by atoms with E-state index in [1.165, 1.54) is 22.2 Å². The first-order valence-electron chi connectivity index (χ1n) is 10.2. The molecule has 0 saturated carbocycles. The van der Waals surface area contributed by atoms with Crippen molar-refractivity contribution in [2.45, 2.75) is 43.9 Å². The molecular weight excluding hydrogens is 442 g/mol. The minimum absolute atomic E-state index is 0.0970. The van der Waals surface area contributed by atoms with Crippen LogP contribution in [0.25, 0.3) is 0 Å². The van der Waals surface area contributed by atoms with Crippen LogP contribution in [0.2, 0.25) is 0 Å². The van der Waals surface area contributed by atoms with Gasteiger partial charge < -0.3 is 10.3 Å². The summed E-state index contributed by atoms with van der Waals surface area (Å²) in [5.74, 6) is 0. The van der Waals surface area contributed by atoms with Gasteiger partial charge in [0.15, 0.2) is 9.92 Å². The number of aryl methyl sites for hydroxylation is 2. The average Bonchev–Trinajstić information content (AvgIpc) is 3.40. The number of rotatable bonds is 7. The fourth-order valence-electron chi connectivity index (χ4n) is 4.35. The van der Waals surface area contributed by atoms with Crippen molar-refractivity contribution in [2.24, 2.45) is 0 Å². The third-order valence-corrected chi connectivity index (χ3v) is 7.74. The highest BCUT2D eigenvalue weighted by atomic mass is 32.2. The fourth-order valence-corrected chi connectivity index (χ4v) is 5.76. The molecule has 4 N–H and O–H groups in total. The Morgan fingerprint density at radius 1 is 1.19 bits per heavy atom. The lowest BCUT2D eigenvalue weighted by molar-refractivity contribution is 0.225. The number of anilines is 1. The number of carbonyl (C=O) groups excluding carboxylic acids is 1. The molecular formula is C19H27N5O5S2. The smallest absolute Gasteiger partial charge is 0.312 e. The number of carbonyl (C=O) groups is 1. The van der Waals surface area contributed by atoms with Crippen molar-refractivity contribution >= 4 is 31.8 Å². The zero-order valence-corrected chi connectivity index (χ0v) is 18.9. The standard InChI is InChI=1S/C19H27N5O5S2/c1-30(26,27)29-11-10-24-9-8-17(22-24)31(20,28)23-19(25)21-18-15-6-2-4-13(15)12-14-5-3-7-16(14)18/h8-9,12,17,22H,2-7,10-11H2,1H3,(H3,20,21,23,25,28). The van der Waals surface area contributed by atoms with E-state index in [2.05, 4.69) is 25.7 Å². The maximum atomic E-state index is 12.9. The molecule has 1 aliphatic heterocycles. The predicted molar refractivity (Wildman–Crippen MR) is 117 cm³/mol. The molecule has 10 nitrogen and oxygen atoms in total. The lowest BCUT2D eigenvalue weighted by atomic mass is 9.99. The molecule has 0 fully saturated rings. The van der Waals surface area contributed by atoms with E-state index in [1.807, 2.05) is 0 Å². The van der Waals surface area contributed by atoms with Gasteiger partial charge in [-0.2, -0.15) is 8.42 Å². The maximum Gasteiger partial charge on any atom is 0.331 e. The zero-order chi connectivity index (χ0) is 22.2. The predicted octanol–water partition coefficient (Wildman–Crippen LogP) is 1.38. The molecule has 1 aromatic carbocycles. The van der Waals surface area contributed by atoms with Crippen LogP contribution in [0.15, 0.2) is 18.3 Å². The minimum Gasteiger partial charge on any atom is -0.312 e. The van der Waals surface area contributed by atoms with Crippen LogP contribution >= 0.6 is 0 Å². The number of nitrogens with zero attached hydrogens (tertiary/aromatic N) is 1. The lowest BCUT2D eigenvalue weighted by Gasteiger charge is -2.22. The molecule has 4 rings (SSSR count). The van der Waals surface area contributed by atoms with Crippen molar-refractivity contribution < 1.29 is 21.6 Å². The quantitative estimate of drug-likeness (QED) is 0.442. The molecule has 2 amide bonds. The number of urea groups is 1. The molecule has 2 aliphatic carbocycles. The van der Waals surface area contributed by atoms with Gasteiger partial charge in [0.25, 0.3) is 10.1 Å². The first kappa shape index (κ1) is 22.1. The van der Waals surface area contributed by atoms with Gasteiger partial charge >= 0.3 is 6.03 Å². The van der Waals surface area contributed by atoms with Crippen LogP contribution in [0.5, 0.6) is 0 Å². The summed E-state index contributed by atoms with van der Waals surface area (Å²) in [7, 11) is -7.10. The SMILES string of the molecule is CS(=O)(=O)OCCN1C=CC(S(=N)(=O)NC(=O)Nc2c3c(cc4c2CCC4)CCC3)N1. The summed E-state index contributed by atoms with van der Waals surface area (Å²) < 4.78 is 50.1. The Labute approximate surface area is 182 Å². The Balaban J connectivity index is 1.38. The maximum absolute atomic E-state index is 12.9. The molecule has 2 unspecified atom stereocenters. The Hall–Kier alpha value is -2.15. The van der Waals surface area contributed by atoms with E-state index < -0.39 is 31.4 Å². The number of benzene rings is 1. The molecule has 170 valence electrons. The Bertz CT molecular complexity index is 1100. The van der Waals surface area contributed by atoms with Crippen LogP contribution in [0.1, 0.15) is 35.1 Å². The number of amides is 2. The number of hydrazine groups is 1. The van der Waals surface area contributed by atoms with E-state index >= 15 is 0 Å². The lowest BCUT2D eigenvalue weighted by Crippen LogP contribution is -2.47. The van der Waals surface area contributed by atoms with E-state index in [4.69, 9.17) is 4.78 Å². The molecule has 2 atom stereocenters. The summed E-state index contributed by atoms with van der Waals surface area (Å²) in [5.41, 5.74) is 8.49. The van der Waals surface area contributed by atoms with Crippen molar-refractivity contribution in [1.82, 2.24) is 15.2 Å². The number of hydrogen-bond donors (Lipinski definition) is 4. The van der Waals surface area contributed by atoms with E-state index in [9.17, 15) is 17.4 Å². The van der Waals surface area contributed by atoms with Gasteiger partial charge in [0, 0.05) is 11.9 Å². The Kier molecular flexibility index (Phi) is 5.99. The summed E-state index contributed by atoms with van der Waals surface area (Å²) in [6.07, 6.45) is 9.93. The average molecular weight is 470 g/mol. The van der Waals surface area contributed by atoms with E-state index in [1.54, 1.807) is 6.20 Å². The highest BCUT2D eigenvalue weighted by Gasteiger charge is 2.29. The molecule has 0 radical (unpaired) electrons. The van der Waals surface area contributed by atoms with Gasteiger partial charge in [-0.25, -0.2) is 23.9 Å². The molecule has 0 spiro atoms. The Morgan fingerprint density at radius 3 is 2.45 bits per heavy atom. The van der Waals surface area contributed by atoms with Gasteiger partial charge in [0.05, 0.1) is 19.4 Å². The van der Waals surface area contributed by atoms with Crippen LogP contribution < -0.4 is 15.5 Å². The third-order valence-electron chi connectivity index (χ3n) is 5.68. The Morgan fingerprint density at radius 2 is 1.84 bits per heavy atom. The number of nitrogens with one attached hydrogen (secondary N) is 4. The van der Waals surface area contributed by atoms with Gasteiger partial charge in [0.2, 0.25) is 0 Å². The first-order chi connectivity index (χ1) is 14.6. The fraction of sp³-hybridized carbons (Fsp3) is 0.526. The van der Waals surface area contributed by atoms with Crippen LogP contribution in [-0.2, 0) is 49.9 Å². The van der Waals surface area contributed by atoms with Crippen molar-refractivity contribution in [3.05, 3.63) is 40.6 Å². The van der Waals surface area contributed by atoms with Crippen molar-refractivity contribution in [2.75, 3.05) is 24.7 Å². The molecule has 0 aromatic heterocycles. The second kappa shape index (κ2) is 8.41. The molecule has 0 saturated heterocycles. The van der Waals surface area contributed by atoms with Gasteiger partial charge in [-0.15, -0.1) is 0 Å². The summed E-state index contributed by atoms with van der Waals surface area (Å²) in [4.78, 5) is 12.7. The highest BCUT2D eigenvalue weighted by molar-refractivity contribution is 7.91. The van der Waals surface area contributed by atoms with Gasteiger partial charge in [-0.1, -0.05) is 6.07 Å². The van der Waals surface area contributed by atoms with Gasteiger partial charge in [-0.05, 0) is 66.9 Å². The summed E-state index contributed by atoms with van der Waals surface area (Å²) in [5, 5.41) is 3.41. The van der Waals surface area contributed by atoms with Gasteiger partial charge in [0.1, 0.15) is 5.37 Å². The zero-order valence-electron chi connectivity index (χ0n) is 17.3. The highest BCUT2D eigenvalue weighted by Crippen LogP contribution is 2.38. The van der Waals surface area contributed by atoms with Crippen molar-refractivity contribution in [1.29, 1.82) is 4.78 Å². The number of hydrogen-bond acceptors (Lipinski definition) is 8. The third kappa shape index (κ3) is 5.03. The van der Waals surface area contributed by atoms with E-state index in [0.717, 1.165) is 61.6 Å². The molecule has 1 aromatic rings. The number of fused-ring (bicyclic) bond motifs is 2. The molecule has 12 heteroatoms. The minimum atomic E-state index is -3.55. The molecule has 1 heterocycles.